The third kappa shape index (κ3) is 5.84. The van der Waals surface area contributed by atoms with Gasteiger partial charge in [0.05, 0.1) is 11.8 Å². The molecule has 0 fully saturated rings. The Hall–Kier alpha value is -6.74. The zero-order chi connectivity index (χ0) is 35.4. The Labute approximate surface area is 292 Å². The molecule has 9 heteroatoms. The Balaban J connectivity index is 1.29. The molecule has 6 aromatic carbocycles. The maximum absolute atomic E-state index is 11.9. The van der Waals surface area contributed by atoms with Gasteiger partial charge in [0.25, 0.3) is 0 Å². The molecule has 0 radical (unpaired) electrons. The van der Waals surface area contributed by atoms with Crippen LogP contribution in [0.5, 0.6) is 51.7 Å². The number of hydrogen-bond donors (Lipinski definition) is 7. The van der Waals surface area contributed by atoms with Crippen LogP contribution < -0.4 is 9.47 Å². The topological polar surface area (TPSA) is 160 Å². The van der Waals surface area contributed by atoms with Gasteiger partial charge in [0.2, 0.25) is 0 Å². The van der Waals surface area contributed by atoms with E-state index in [1.54, 1.807) is 91.0 Å². The zero-order valence-corrected chi connectivity index (χ0v) is 26.9. The molecule has 0 saturated carbocycles. The quantitative estimate of drug-likeness (QED) is 0.0858. The Bertz CT molecular complexity index is 2270. The molecule has 0 bridgehead atoms. The van der Waals surface area contributed by atoms with Crippen LogP contribution in [-0.4, -0.2) is 35.7 Å². The van der Waals surface area contributed by atoms with Gasteiger partial charge in [-0.3, -0.25) is 0 Å². The Kier molecular flexibility index (Phi) is 7.60. The van der Waals surface area contributed by atoms with Gasteiger partial charge in [-0.25, -0.2) is 0 Å². The van der Waals surface area contributed by atoms with Gasteiger partial charge in [0, 0.05) is 23.3 Å². The van der Waals surface area contributed by atoms with E-state index in [-0.39, 0.29) is 40.2 Å². The molecule has 2 aliphatic rings. The minimum atomic E-state index is -0.691. The van der Waals surface area contributed by atoms with Crippen molar-refractivity contribution in [3.05, 3.63) is 160 Å². The lowest BCUT2D eigenvalue weighted by atomic mass is 9.80. The number of aromatic hydroxyl groups is 7. The lowest BCUT2D eigenvalue weighted by molar-refractivity contribution is 0.218. The first-order valence-electron chi connectivity index (χ1n) is 16.3. The molecule has 9 nitrogen and oxygen atoms in total. The predicted octanol–water partition coefficient (Wildman–Crippen LogP) is 8.33. The summed E-state index contributed by atoms with van der Waals surface area (Å²) in [5.74, 6) is -0.400. The lowest BCUT2D eigenvalue weighted by Crippen LogP contribution is -2.12. The minimum Gasteiger partial charge on any atom is -0.508 e. The summed E-state index contributed by atoms with van der Waals surface area (Å²) in [4.78, 5) is 0. The average molecular weight is 681 g/mol. The van der Waals surface area contributed by atoms with Crippen LogP contribution in [0.25, 0.3) is 12.2 Å². The third-order valence-corrected chi connectivity index (χ3v) is 9.47. The van der Waals surface area contributed by atoms with Crippen LogP contribution in [-0.2, 0) is 0 Å². The van der Waals surface area contributed by atoms with E-state index in [0.29, 0.717) is 39.3 Å². The maximum atomic E-state index is 11.9. The molecule has 4 unspecified atom stereocenters. The smallest absolute Gasteiger partial charge is 0.135 e. The van der Waals surface area contributed by atoms with Crippen LogP contribution in [0.4, 0.5) is 0 Å². The van der Waals surface area contributed by atoms with Crippen molar-refractivity contribution in [2.45, 2.75) is 24.0 Å². The van der Waals surface area contributed by atoms with Gasteiger partial charge in [0.15, 0.2) is 0 Å². The highest BCUT2D eigenvalue weighted by molar-refractivity contribution is 5.76. The molecule has 51 heavy (non-hydrogen) atoms. The highest BCUT2D eigenvalue weighted by atomic mass is 16.5. The number of hydrogen-bond acceptors (Lipinski definition) is 9. The summed E-state index contributed by atoms with van der Waals surface area (Å²) >= 11 is 0. The van der Waals surface area contributed by atoms with Crippen molar-refractivity contribution >= 4 is 12.2 Å². The summed E-state index contributed by atoms with van der Waals surface area (Å²) in [5.41, 5.74) is 5.31. The van der Waals surface area contributed by atoms with Gasteiger partial charge >= 0.3 is 0 Å². The summed E-state index contributed by atoms with van der Waals surface area (Å²) in [7, 11) is 0. The molecule has 2 aliphatic heterocycles. The SMILES string of the molecule is Oc1ccc(/C=C/c2cc(O)cc3c2C(c2cc(O)c4c(c2)OC(c2ccc(O)cc2)C4c2cc(O)cc(O)c2)C(c2ccc(O)cc2)O3)cc1. The van der Waals surface area contributed by atoms with Crippen molar-refractivity contribution in [3.8, 4) is 51.7 Å². The molecule has 0 spiro atoms. The highest BCUT2D eigenvalue weighted by Gasteiger charge is 2.43. The summed E-state index contributed by atoms with van der Waals surface area (Å²) < 4.78 is 13.2. The standard InChI is InChI=1S/C42H32O9/c43-28-9-2-22(3-10-28)1-4-25-15-33(48)21-36-37(25)38(41(51-36)23-5-11-29(44)12-6-23)27-18-34(49)40-35(19-27)50-42(24-7-13-30(45)14-8-24)39(40)26-16-31(46)20-32(47)17-26/h1-21,38-39,41-49H/b4-1+. The molecule has 0 amide bonds. The van der Waals surface area contributed by atoms with E-state index in [1.807, 2.05) is 18.2 Å². The van der Waals surface area contributed by atoms with Crippen LogP contribution in [0.2, 0.25) is 0 Å². The van der Waals surface area contributed by atoms with Gasteiger partial charge in [-0.15, -0.1) is 0 Å². The first-order valence-corrected chi connectivity index (χ1v) is 16.3. The van der Waals surface area contributed by atoms with Crippen molar-refractivity contribution in [3.63, 3.8) is 0 Å². The van der Waals surface area contributed by atoms with E-state index in [2.05, 4.69) is 0 Å². The van der Waals surface area contributed by atoms with Gasteiger partial charge < -0.3 is 45.2 Å². The summed E-state index contributed by atoms with van der Waals surface area (Å²) in [6, 6.07) is 30.9. The number of ether oxygens (including phenoxy) is 2. The number of benzene rings is 6. The molecule has 2 heterocycles. The third-order valence-electron chi connectivity index (χ3n) is 9.47. The fourth-order valence-corrected chi connectivity index (χ4v) is 7.24. The van der Waals surface area contributed by atoms with Crippen molar-refractivity contribution < 1.29 is 45.2 Å². The largest absolute Gasteiger partial charge is 0.508 e. The number of fused-ring (bicyclic) bond motifs is 2. The van der Waals surface area contributed by atoms with Crippen molar-refractivity contribution in [1.82, 2.24) is 0 Å². The molecule has 7 N–H and O–H groups in total. The molecular weight excluding hydrogens is 648 g/mol. The van der Waals surface area contributed by atoms with Crippen molar-refractivity contribution in [1.29, 1.82) is 0 Å². The second kappa shape index (κ2) is 12.3. The zero-order valence-electron chi connectivity index (χ0n) is 26.9. The molecule has 6 aromatic rings. The fourth-order valence-electron chi connectivity index (χ4n) is 7.24. The molecule has 0 saturated heterocycles. The first-order chi connectivity index (χ1) is 24.6. The minimum absolute atomic E-state index is 0.00158. The number of phenols is 7. The van der Waals surface area contributed by atoms with Gasteiger partial charge in [-0.2, -0.15) is 0 Å². The molecule has 0 aromatic heterocycles. The molecule has 254 valence electrons. The van der Waals surface area contributed by atoms with E-state index >= 15 is 0 Å². The van der Waals surface area contributed by atoms with E-state index < -0.39 is 24.0 Å². The maximum Gasteiger partial charge on any atom is 0.135 e. The van der Waals surface area contributed by atoms with Gasteiger partial charge in [-0.05, 0) is 100 Å². The summed E-state index contributed by atoms with van der Waals surface area (Å²) in [5, 5.41) is 73.3. The van der Waals surface area contributed by atoms with Gasteiger partial charge in [-0.1, -0.05) is 48.6 Å². The first kappa shape index (κ1) is 31.5. The van der Waals surface area contributed by atoms with Crippen LogP contribution >= 0.6 is 0 Å². The van der Waals surface area contributed by atoms with E-state index in [9.17, 15) is 35.7 Å². The van der Waals surface area contributed by atoms with Crippen LogP contribution in [0.1, 0.15) is 68.6 Å². The lowest BCUT2D eigenvalue weighted by Gasteiger charge is -2.22. The molecular formula is C42H32O9. The molecule has 8 rings (SSSR count). The van der Waals surface area contributed by atoms with E-state index in [4.69, 9.17) is 9.47 Å². The van der Waals surface area contributed by atoms with Crippen LogP contribution in [0.3, 0.4) is 0 Å². The van der Waals surface area contributed by atoms with Gasteiger partial charge in [0.1, 0.15) is 64.0 Å². The van der Waals surface area contributed by atoms with E-state index in [0.717, 1.165) is 16.7 Å². The van der Waals surface area contributed by atoms with Crippen molar-refractivity contribution in [2.24, 2.45) is 0 Å². The summed E-state index contributed by atoms with van der Waals surface area (Å²) in [6.07, 6.45) is 2.40. The second-order valence-electron chi connectivity index (χ2n) is 12.8. The number of phenolic OH excluding ortho intramolecular Hbond substituents is 7. The normalized spacial score (nSPS) is 19.0. The van der Waals surface area contributed by atoms with Crippen LogP contribution in [0.15, 0.2) is 115 Å². The molecule has 4 atom stereocenters. The van der Waals surface area contributed by atoms with Crippen LogP contribution in [0, 0.1) is 0 Å². The van der Waals surface area contributed by atoms with E-state index in [1.165, 1.54) is 18.2 Å². The second-order valence-corrected chi connectivity index (χ2v) is 12.8. The summed E-state index contributed by atoms with van der Waals surface area (Å²) in [6.45, 7) is 0. The Morgan fingerprint density at radius 2 is 0.863 bits per heavy atom. The predicted molar refractivity (Wildman–Crippen MR) is 190 cm³/mol. The Morgan fingerprint density at radius 3 is 1.43 bits per heavy atom. The number of rotatable bonds is 6. The highest BCUT2D eigenvalue weighted by Crippen LogP contribution is 2.58. The molecule has 0 aliphatic carbocycles. The monoisotopic (exact) mass is 680 g/mol. The fraction of sp³-hybridized carbons (Fsp3) is 0.0952. The average Bonchev–Trinajstić information content (AvgIpc) is 3.68. The van der Waals surface area contributed by atoms with Crippen molar-refractivity contribution in [2.75, 3.05) is 0 Å². The Morgan fingerprint density at radius 1 is 0.392 bits per heavy atom.